The molecule has 1 heterocycles. The summed E-state index contributed by atoms with van der Waals surface area (Å²) in [7, 11) is -3.28. The van der Waals surface area contributed by atoms with Crippen molar-refractivity contribution in [1.82, 2.24) is 10.2 Å². The Morgan fingerprint density at radius 3 is 2.67 bits per heavy atom. The van der Waals surface area contributed by atoms with Crippen molar-refractivity contribution in [1.29, 1.82) is 0 Å². The molecular weight excluding hydrogens is 370 g/mol. The van der Waals surface area contributed by atoms with Crippen LogP contribution in [0.4, 0.5) is 5.69 Å². The fraction of sp³-hybridized carbons (Fsp3) is 0.556. The summed E-state index contributed by atoms with van der Waals surface area (Å²) < 4.78 is 25.5. The Labute approximate surface area is 159 Å². The van der Waals surface area contributed by atoms with Gasteiger partial charge in [0, 0.05) is 24.2 Å². The summed E-state index contributed by atoms with van der Waals surface area (Å²) in [5.41, 5.74) is 0.946. The largest absolute Gasteiger partial charge is 0.480 e. The van der Waals surface area contributed by atoms with Crippen LogP contribution < -0.4 is 9.62 Å². The molecule has 0 unspecified atom stereocenters. The van der Waals surface area contributed by atoms with Crippen LogP contribution in [0, 0.1) is 0 Å². The minimum absolute atomic E-state index is 0.00419. The Bertz CT molecular complexity index is 820. The summed E-state index contributed by atoms with van der Waals surface area (Å²) in [6.45, 7) is 3.03. The highest BCUT2D eigenvalue weighted by Crippen LogP contribution is 2.27. The third-order valence-corrected chi connectivity index (χ3v) is 7.07. The number of amides is 1. The maximum atomic E-state index is 12.5. The fourth-order valence-corrected chi connectivity index (χ4v) is 5.23. The van der Waals surface area contributed by atoms with Crippen molar-refractivity contribution in [2.75, 3.05) is 29.7 Å². The topological polar surface area (TPSA) is 107 Å². The van der Waals surface area contributed by atoms with Crippen LogP contribution >= 0.6 is 0 Å². The van der Waals surface area contributed by atoms with Crippen molar-refractivity contribution in [2.45, 2.75) is 38.3 Å². The molecule has 8 nitrogen and oxygen atoms in total. The van der Waals surface area contributed by atoms with Crippen LogP contribution in [0.3, 0.4) is 0 Å². The highest BCUT2D eigenvalue weighted by Gasteiger charge is 2.35. The number of hydrogen-bond acceptors (Lipinski definition) is 5. The van der Waals surface area contributed by atoms with E-state index in [0.29, 0.717) is 43.6 Å². The first-order valence-corrected chi connectivity index (χ1v) is 10.8. The van der Waals surface area contributed by atoms with Crippen molar-refractivity contribution >= 4 is 27.6 Å². The average Bonchev–Trinajstić information content (AvgIpc) is 2.95. The lowest BCUT2D eigenvalue weighted by Crippen LogP contribution is -2.54. The van der Waals surface area contributed by atoms with Gasteiger partial charge in [-0.1, -0.05) is 13.0 Å². The van der Waals surface area contributed by atoms with Gasteiger partial charge < -0.3 is 10.4 Å². The molecule has 0 spiro atoms. The van der Waals surface area contributed by atoms with Crippen LogP contribution in [-0.4, -0.2) is 67.8 Å². The predicted molar refractivity (Wildman–Crippen MR) is 101 cm³/mol. The molecule has 0 bridgehead atoms. The summed E-state index contributed by atoms with van der Waals surface area (Å²) in [5.74, 6) is -0.951. The Balaban J connectivity index is 1.58. The molecule has 0 aromatic heterocycles. The number of carbonyl (C=O) groups excluding carboxylic acids is 1. The summed E-state index contributed by atoms with van der Waals surface area (Å²) in [6, 6.07) is 6.83. The number of rotatable bonds is 7. The zero-order valence-corrected chi connectivity index (χ0v) is 16.1. The first-order chi connectivity index (χ1) is 12.8. The van der Waals surface area contributed by atoms with E-state index in [-0.39, 0.29) is 30.3 Å². The number of hydrogen-bond donors (Lipinski definition) is 2. The van der Waals surface area contributed by atoms with Crippen molar-refractivity contribution in [2.24, 2.45) is 0 Å². The van der Waals surface area contributed by atoms with Crippen LogP contribution in [0.15, 0.2) is 24.3 Å². The number of likely N-dealkylation sites (N-methyl/N-ethyl adjacent to an activating group) is 1. The monoisotopic (exact) mass is 395 g/mol. The molecule has 1 aromatic rings. The standard InChI is InChI=1S/C18H25N3O5S/c1-2-20(12-17(22)23)16-10-14(11-16)19-18(24)13-5-3-6-15(9-13)21-7-4-8-27(21,25)26/h3,5-6,9,14,16H,2,4,7-8,10-12H2,1H3,(H,19,24)(H,22,23). The molecule has 2 aliphatic rings. The lowest BCUT2D eigenvalue weighted by atomic mass is 9.85. The molecule has 9 heteroatoms. The summed E-state index contributed by atoms with van der Waals surface area (Å²) >= 11 is 0. The van der Waals surface area contributed by atoms with Crippen molar-refractivity contribution in [3.63, 3.8) is 0 Å². The highest BCUT2D eigenvalue weighted by molar-refractivity contribution is 7.93. The van der Waals surface area contributed by atoms with Crippen molar-refractivity contribution in [3.05, 3.63) is 29.8 Å². The first-order valence-electron chi connectivity index (χ1n) is 9.17. The highest BCUT2D eigenvalue weighted by atomic mass is 32.2. The number of benzene rings is 1. The lowest BCUT2D eigenvalue weighted by molar-refractivity contribution is -0.139. The second kappa shape index (κ2) is 7.85. The van der Waals surface area contributed by atoms with E-state index in [0.717, 1.165) is 0 Å². The van der Waals surface area contributed by atoms with Gasteiger partial charge >= 0.3 is 5.97 Å². The van der Waals surface area contributed by atoms with Gasteiger partial charge in [0.15, 0.2) is 0 Å². The number of aliphatic carboxylic acids is 1. The van der Waals surface area contributed by atoms with Gasteiger partial charge in [-0.25, -0.2) is 8.42 Å². The van der Waals surface area contributed by atoms with Crippen LogP contribution in [0.5, 0.6) is 0 Å². The second-order valence-corrected chi connectivity index (χ2v) is 9.06. The smallest absolute Gasteiger partial charge is 0.317 e. The van der Waals surface area contributed by atoms with E-state index in [2.05, 4.69) is 5.32 Å². The third-order valence-electron chi connectivity index (χ3n) is 5.20. The van der Waals surface area contributed by atoms with E-state index in [1.165, 1.54) is 4.31 Å². The minimum atomic E-state index is -3.28. The van der Waals surface area contributed by atoms with Crippen LogP contribution in [0.2, 0.25) is 0 Å². The van der Waals surface area contributed by atoms with Gasteiger partial charge in [0.25, 0.3) is 5.91 Å². The van der Waals surface area contributed by atoms with Gasteiger partial charge in [0.2, 0.25) is 10.0 Å². The molecule has 1 aromatic carbocycles. The van der Waals surface area contributed by atoms with E-state index < -0.39 is 16.0 Å². The number of carbonyl (C=O) groups is 2. The van der Waals surface area contributed by atoms with E-state index in [4.69, 9.17) is 5.11 Å². The predicted octanol–water partition coefficient (Wildman–Crippen LogP) is 0.894. The van der Waals surface area contributed by atoms with Gasteiger partial charge in [0.1, 0.15) is 0 Å². The number of carboxylic acid groups (broad SMARTS) is 1. The second-order valence-electron chi connectivity index (χ2n) is 7.04. The summed E-state index contributed by atoms with van der Waals surface area (Å²) in [5, 5.41) is 11.9. The van der Waals surface area contributed by atoms with Crippen LogP contribution in [0.1, 0.15) is 36.5 Å². The van der Waals surface area contributed by atoms with E-state index in [1.807, 2.05) is 11.8 Å². The molecule has 1 aliphatic carbocycles. The molecule has 1 saturated heterocycles. The number of carboxylic acids is 1. The average molecular weight is 395 g/mol. The molecule has 148 valence electrons. The Morgan fingerprint density at radius 2 is 2.07 bits per heavy atom. The van der Waals surface area contributed by atoms with Crippen LogP contribution in [-0.2, 0) is 14.8 Å². The van der Waals surface area contributed by atoms with E-state index >= 15 is 0 Å². The Morgan fingerprint density at radius 1 is 1.33 bits per heavy atom. The zero-order chi connectivity index (χ0) is 19.6. The Kier molecular flexibility index (Phi) is 5.71. The van der Waals surface area contributed by atoms with Crippen LogP contribution in [0.25, 0.3) is 0 Å². The molecule has 1 aliphatic heterocycles. The number of sulfonamides is 1. The maximum absolute atomic E-state index is 12.5. The van der Waals surface area contributed by atoms with Gasteiger partial charge in [-0.2, -0.15) is 0 Å². The third kappa shape index (κ3) is 4.41. The van der Waals surface area contributed by atoms with E-state index in [1.54, 1.807) is 24.3 Å². The van der Waals surface area contributed by atoms with Gasteiger partial charge in [-0.3, -0.25) is 18.8 Å². The summed E-state index contributed by atoms with van der Waals surface area (Å²) in [6.07, 6.45) is 2.02. The fourth-order valence-electron chi connectivity index (χ4n) is 3.68. The molecule has 1 saturated carbocycles. The quantitative estimate of drug-likeness (QED) is 0.710. The Hall–Kier alpha value is -2.13. The molecule has 1 amide bonds. The molecule has 0 atom stereocenters. The van der Waals surface area contributed by atoms with Gasteiger partial charge in [0.05, 0.1) is 18.0 Å². The summed E-state index contributed by atoms with van der Waals surface area (Å²) in [4.78, 5) is 25.3. The number of anilines is 1. The van der Waals surface area contributed by atoms with Crippen molar-refractivity contribution in [3.8, 4) is 0 Å². The molecule has 2 N–H and O–H groups in total. The molecule has 2 fully saturated rings. The number of nitrogens with one attached hydrogen (secondary N) is 1. The first kappa shape index (κ1) is 19.6. The maximum Gasteiger partial charge on any atom is 0.317 e. The van der Waals surface area contributed by atoms with E-state index in [9.17, 15) is 18.0 Å². The van der Waals surface area contributed by atoms with Gasteiger partial charge in [-0.05, 0) is 44.0 Å². The molecule has 27 heavy (non-hydrogen) atoms. The molecular formula is C18H25N3O5S. The van der Waals surface area contributed by atoms with Gasteiger partial charge in [-0.15, -0.1) is 0 Å². The molecule has 0 radical (unpaired) electrons. The normalized spacial score (nSPS) is 23.9. The zero-order valence-electron chi connectivity index (χ0n) is 15.3. The minimum Gasteiger partial charge on any atom is -0.480 e. The molecule has 3 rings (SSSR count). The SMILES string of the molecule is CCN(CC(=O)O)C1CC(NC(=O)c2cccc(N3CCCS3(=O)=O)c2)C1. The number of nitrogens with zero attached hydrogens (tertiary/aromatic N) is 2. The van der Waals surface area contributed by atoms with Crippen molar-refractivity contribution < 1.29 is 23.1 Å². The lowest BCUT2D eigenvalue weighted by Gasteiger charge is -2.42.